The number of rotatable bonds is 6. The van der Waals surface area contributed by atoms with E-state index >= 15 is 0 Å². The van der Waals surface area contributed by atoms with Gasteiger partial charge in [0.1, 0.15) is 18.5 Å². The number of amides is 2. The van der Waals surface area contributed by atoms with Crippen LogP contribution in [0.4, 0.5) is 10.6 Å². The minimum absolute atomic E-state index is 0.323. The summed E-state index contributed by atoms with van der Waals surface area (Å²) >= 11 is 2.24. The fourth-order valence-electron chi connectivity index (χ4n) is 3.51. The zero-order valence-corrected chi connectivity index (χ0v) is 18.2. The third kappa shape index (κ3) is 4.01. The second-order valence-electron chi connectivity index (χ2n) is 6.99. The molecule has 2 amide bonds. The molecule has 7 N–H and O–H groups in total. The largest absolute Gasteiger partial charge is 0.393 e. The van der Waals surface area contributed by atoms with Gasteiger partial charge in [0.05, 0.1) is 12.9 Å². The number of carbonyl (C=O) groups excluding carboxylic acids is 1. The standard InChI is InChI=1S/C18H20IN7O5/c19-10-3-1-2-9(4-10)5-21-14-12-15(23-7-22-14)26(8-24-12)16-13(28)18(30,25-17(20)29)11(6-27)31-16/h1-4,7-8,11,13,16,27-28,30H,5-6H2,(H3,20,25,29)(H,21,22,23)/t11-,13+,16-,18-/m1/s1. The average molecular weight is 541 g/mol. The minimum atomic E-state index is -2.29. The Balaban J connectivity index is 1.62. The van der Waals surface area contributed by atoms with Gasteiger partial charge in [0, 0.05) is 10.1 Å². The van der Waals surface area contributed by atoms with Crippen LogP contribution in [0.25, 0.3) is 11.2 Å². The Bertz CT molecular complexity index is 1110. The van der Waals surface area contributed by atoms with Crippen molar-refractivity contribution in [1.82, 2.24) is 24.8 Å². The van der Waals surface area contributed by atoms with Gasteiger partial charge in [-0.15, -0.1) is 0 Å². The number of halogens is 1. The Morgan fingerprint density at radius 3 is 2.87 bits per heavy atom. The molecule has 1 aliphatic rings. The predicted molar refractivity (Wildman–Crippen MR) is 116 cm³/mol. The molecule has 31 heavy (non-hydrogen) atoms. The fraction of sp³-hybridized carbons (Fsp3) is 0.333. The number of imidazole rings is 1. The molecule has 4 atom stereocenters. The molecule has 3 aromatic rings. The number of hydrogen-bond donors (Lipinski definition) is 6. The number of benzene rings is 1. The number of carbonyl (C=O) groups is 1. The molecule has 1 saturated heterocycles. The molecule has 0 radical (unpaired) electrons. The fourth-order valence-corrected chi connectivity index (χ4v) is 4.11. The van der Waals surface area contributed by atoms with Crippen LogP contribution in [-0.4, -0.2) is 65.4 Å². The molecule has 0 bridgehead atoms. The number of nitrogens with one attached hydrogen (secondary N) is 2. The summed E-state index contributed by atoms with van der Waals surface area (Å²) in [5, 5.41) is 36.2. The number of nitrogens with zero attached hydrogens (tertiary/aromatic N) is 4. The highest BCUT2D eigenvalue weighted by molar-refractivity contribution is 14.1. The number of hydrogen-bond acceptors (Lipinski definition) is 9. The first-order valence-electron chi connectivity index (χ1n) is 9.23. The van der Waals surface area contributed by atoms with Gasteiger partial charge in [0.2, 0.25) is 0 Å². The van der Waals surface area contributed by atoms with Crippen LogP contribution in [0, 0.1) is 3.57 Å². The van der Waals surface area contributed by atoms with E-state index < -0.39 is 36.8 Å². The van der Waals surface area contributed by atoms with Gasteiger partial charge >= 0.3 is 6.03 Å². The Morgan fingerprint density at radius 2 is 2.16 bits per heavy atom. The third-order valence-corrected chi connectivity index (χ3v) is 5.66. The van der Waals surface area contributed by atoms with E-state index in [-0.39, 0.29) is 0 Å². The monoisotopic (exact) mass is 541 g/mol. The highest BCUT2D eigenvalue weighted by Crippen LogP contribution is 2.37. The Morgan fingerprint density at radius 1 is 1.35 bits per heavy atom. The number of aliphatic hydroxyl groups is 3. The van der Waals surface area contributed by atoms with Crippen LogP contribution < -0.4 is 16.4 Å². The first-order valence-corrected chi connectivity index (χ1v) is 10.3. The van der Waals surface area contributed by atoms with Crippen molar-refractivity contribution in [3.05, 3.63) is 46.1 Å². The van der Waals surface area contributed by atoms with Crippen molar-refractivity contribution >= 4 is 45.6 Å². The van der Waals surface area contributed by atoms with Crippen LogP contribution in [0.5, 0.6) is 0 Å². The summed E-state index contributed by atoms with van der Waals surface area (Å²) in [7, 11) is 0. The van der Waals surface area contributed by atoms with Crippen LogP contribution in [0.2, 0.25) is 0 Å². The van der Waals surface area contributed by atoms with Gasteiger partial charge in [-0.2, -0.15) is 0 Å². The molecule has 164 valence electrons. The van der Waals surface area contributed by atoms with Crippen molar-refractivity contribution in [2.45, 2.75) is 30.7 Å². The van der Waals surface area contributed by atoms with Crippen LogP contribution >= 0.6 is 22.6 Å². The molecule has 4 rings (SSSR count). The van der Waals surface area contributed by atoms with Crippen molar-refractivity contribution in [2.24, 2.45) is 5.73 Å². The minimum Gasteiger partial charge on any atom is -0.393 e. The maximum atomic E-state index is 11.3. The van der Waals surface area contributed by atoms with Crippen LogP contribution in [-0.2, 0) is 11.3 Å². The van der Waals surface area contributed by atoms with E-state index in [1.165, 1.54) is 17.2 Å². The van der Waals surface area contributed by atoms with Gasteiger partial charge in [0.25, 0.3) is 0 Å². The lowest BCUT2D eigenvalue weighted by atomic mass is 10.0. The van der Waals surface area contributed by atoms with E-state index in [2.05, 4.69) is 42.9 Å². The van der Waals surface area contributed by atoms with Gasteiger partial charge in [-0.1, -0.05) is 12.1 Å². The topological polar surface area (TPSA) is 181 Å². The summed E-state index contributed by atoms with van der Waals surface area (Å²) < 4.78 is 8.09. The molecule has 0 spiro atoms. The van der Waals surface area contributed by atoms with E-state index in [9.17, 15) is 20.1 Å². The van der Waals surface area contributed by atoms with Crippen molar-refractivity contribution in [3.8, 4) is 0 Å². The number of aliphatic hydroxyl groups excluding tert-OH is 2. The summed E-state index contributed by atoms with van der Waals surface area (Å²) in [4.78, 5) is 24.0. The van der Waals surface area contributed by atoms with Gasteiger partial charge in [-0.05, 0) is 40.3 Å². The highest BCUT2D eigenvalue weighted by atomic mass is 127. The summed E-state index contributed by atoms with van der Waals surface area (Å²) in [5.74, 6) is 0.472. The lowest BCUT2D eigenvalue weighted by Gasteiger charge is -2.30. The van der Waals surface area contributed by atoms with Crippen molar-refractivity contribution in [1.29, 1.82) is 0 Å². The second-order valence-corrected chi connectivity index (χ2v) is 8.23. The Kier molecular flexibility index (Phi) is 5.94. The quantitative estimate of drug-likeness (QED) is 0.180. The maximum absolute atomic E-state index is 11.3. The normalized spacial score (nSPS) is 25.6. The smallest absolute Gasteiger partial charge is 0.314 e. The third-order valence-electron chi connectivity index (χ3n) is 4.99. The summed E-state index contributed by atoms with van der Waals surface area (Å²) in [6.07, 6.45) is -1.48. The van der Waals surface area contributed by atoms with Crippen LogP contribution in [0.1, 0.15) is 11.8 Å². The molecular weight excluding hydrogens is 521 g/mol. The predicted octanol–water partition coefficient (Wildman–Crippen LogP) is -0.350. The number of ether oxygens (including phenoxy) is 1. The van der Waals surface area contributed by atoms with Crippen LogP contribution in [0.15, 0.2) is 36.9 Å². The van der Waals surface area contributed by atoms with E-state index in [0.717, 1.165) is 9.13 Å². The van der Waals surface area contributed by atoms with Crippen molar-refractivity contribution in [3.63, 3.8) is 0 Å². The first-order chi connectivity index (χ1) is 14.8. The summed E-state index contributed by atoms with van der Waals surface area (Å²) in [5.41, 5.74) is 4.60. The number of aromatic nitrogens is 4. The van der Waals surface area contributed by atoms with Crippen molar-refractivity contribution in [2.75, 3.05) is 11.9 Å². The molecule has 0 aliphatic carbocycles. The number of nitrogens with two attached hydrogens (primary N) is 1. The molecule has 3 heterocycles. The molecule has 12 nitrogen and oxygen atoms in total. The number of fused-ring (bicyclic) bond motifs is 1. The van der Waals surface area contributed by atoms with Gasteiger partial charge in [-0.25, -0.2) is 19.7 Å². The average Bonchev–Trinajstić information content (AvgIpc) is 3.26. The molecule has 13 heteroatoms. The van der Waals surface area contributed by atoms with Gasteiger partial charge in [0.15, 0.2) is 28.9 Å². The summed E-state index contributed by atoms with van der Waals surface area (Å²) in [6.45, 7) is -0.165. The molecular formula is C18H20IN7O5. The molecule has 0 unspecified atom stereocenters. The number of anilines is 1. The maximum Gasteiger partial charge on any atom is 0.314 e. The van der Waals surface area contributed by atoms with Gasteiger partial charge in [-0.3, -0.25) is 4.57 Å². The van der Waals surface area contributed by atoms with E-state index in [1.807, 2.05) is 29.6 Å². The lowest BCUT2D eigenvalue weighted by molar-refractivity contribution is -0.105. The molecule has 1 fully saturated rings. The zero-order valence-electron chi connectivity index (χ0n) is 16.0. The van der Waals surface area contributed by atoms with E-state index in [4.69, 9.17) is 10.5 Å². The molecule has 2 aromatic heterocycles. The second kappa shape index (κ2) is 8.51. The molecule has 1 aliphatic heterocycles. The Labute approximate surface area is 189 Å². The van der Waals surface area contributed by atoms with E-state index in [0.29, 0.717) is 23.5 Å². The lowest BCUT2D eigenvalue weighted by Crippen LogP contribution is -2.62. The number of primary amides is 1. The van der Waals surface area contributed by atoms with Gasteiger partial charge < -0.3 is 36.4 Å². The first kappa shape index (κ1) is 21.6. The molecule has 0 saturated carbocycles. The highest BCUT2D eigenvalue weighted by Gasteiger charge is 2.57. The zero-order chi connectivity index (χ0) is 22.2. The van der Waals surface area contributed by atoms with Crippen LogP contribution in [0.3, 0.4) is 0 Å². The van der Waals surface area contributed by atoms with Crippen molar-refractivity contribution < 1.29 is 24.9 Å². The Hall–Kier alpha value is -2.59. The molecule has 1 aromatic carbocycles. The summed E-state index contributed by atoms with van der Waals surface area (Å²) in [6, 6.07) is 6.89. The SMILES string of the molecule is NC(=O)N[C@@]1(O)[C@@H](CO)O[C@@H](n2cnc3c(NCc4cccc(I)c4)ncnc32)[C@@H]1O. The number of urea groups is 1. The van der Waals surface area contributed by atoms with E-state index in [1.54, 1.807) is 0 Å².